The lowest BCUT2D eigenvalue weighted by molar-refractivity contribution is -0.120. The molecule has 0 spiro atoms. The average Bonchev–Trinajstić information content (AvgIpc) is 3.09. The quantitative estimate of drug-likeness (QED) is 0.720. The van der Waals surface area contributed by atoms with Crippen LogP contribution in [0.3, 0.4) is 0 Å². The molecule has 0 bridgehead atoms. The lowest BCUT2D eigenvalue weighted by atomic mass is 10.0. The molecule has 6 nitrogen and oxygen atoms in total. The Morgan fingerprint density at radius 2 is 1.84 bits per heavy atom. The summed E-state index contributed by atoms with van der Waals surface area (Å²) >= 11 is 1.35. The summed E-state index contributed by atoms with van der Waals surface area (Å²) in [6.45, 7) is 4.93. The van der Waals surface area contributed by atoms with Crippen molar-refractivity contribution in [2.45, 2.75) is 32.7 Å². The van der Waals surface area contributed by atoms with Gasteiger partial charge in [-0.15, -0.1) is 0 Å². The number of rotatable bonds is 7. The zero-order valence-corrected chi connectivity index (χ0v) is 18.6. The summed E-state index contributed by atoms with van der Waals surface area (Å²) in [5.74, 6) is 1.20. The molecule has 0 aliphatic carbocycles. The van der Waals surface area contributed by atoms with E-state index >= 15 is 0 Å². The first-order chi connectivity index (χ1) is 15.0. The van der Waals surface area contributed by atoms with E-state index in [9.17, 15) is 9.59 Å². The summed E-state index contributed by atoms with van der Waals surface area (Å²) in [4.78, 5) is 36.3. The number of aliphatic imine (C=N–C) groups is 2. The fraction of sp³-hybridized carbons (Fsp3) is 0.333. The molecule has 2 aliphatic rings. The molecule has 2 aliphatic heterocycles. The standard InChI is InChI=1S/C24H26N4O2S/c1-16(2)12-13-25-21(29)15-31-24-26-19-11-7-6-10-18(19)22-27-23(30)20(28(22)24)14-17-8-4-3-5-9-17/h3-11,16,20H,12-15H2,1-2H3,(H,25,29). The Bertz CT molecular complexity index is 1030. The van der Waals surface area contributed by atoms with Gasteiger partial charge in [0.2, 0.25) is 5.91 Å². The lowest BCUT2D eigenvalue weighted by Crippen LogP contribution is -2.45. The number of fused-ring (bicyclic) bond motifs is 3. The highest BCUT2D eigenvalue weighted by Gasteiger charge is 2.41. The molecule has 0 saturated heterocycles. The van der Waals surface area contributed by atoms with Gasteiger partial charge < -0.3 is 5.32 Å². The van der Waals surface area contributed by atoms with Gasteiger partial charge in [0, 0.05) is 18.5 Å². The van der Waals surface area contributed by atoms with Crippen molar-refractivity contribution in [2.24, 2.45) is 15.9 Å². The smallest absolute Gasteiger partial charge is 0.271 e. The van der Waals surface area contributed by atoms with E-state index in [0.29, 0.717) is 29.9 Å². The third-order valence-electron chi connectivity index (χ3n) is 5.26. The number of benzene rings is 2. The number of para-hydroxylation sites is 1. The van der Waals surface area contributed by atoms with E-state index in [1.807, 2.05) is 59.5 Å². The number of carbonyl (C=O) groups excluding carboxylic acids is 2. The van der Waals surface area contributed by atoms with E-state index in [2.05, 4.69) is 24.2 Å². The monoisotopic (exact) mass is 434 g/mol. The van der Waals surface area contributed by atoms with Crippen LogP contribution in [-0.2, 0) is 16.0 Å². The molecule has 1 atom stereocenters. The second kappa shape index (κ2) is 9.47. The summed E-state index contributed by atoms with van der Waals surface area (Å²) < 4.78 is 0. The number of thioether (sulfide) groups is 1. The van der Waals surface area contributed by atoms with Crippen LogP contribution >= 0.6 is 11.8 Å². The molecule has 0 fully saturated rings. The van der Waals surface area contributed by atoms with Gasteiger partial charge in [-0.1, -0.05) is 68.1 Å². The SMILES string of the molecule is CC(C)CCNC(=O)CSC1=Nc2ccccc2C2=NC(=O)C(Cc3ccccc3)N12. The van der Waals surface area contributed by atoms with Crippen molar-refractivity contribution in [3.8, 4) is 0 Å². The van der Waals surface area contributed by atoms with Gasteiger partial charge in [-0.3, -0.25) is 14.5 Å². The highest BCUT2D eigenvalue weighted by atomic mass is 32.2. The molecule has 0 radical (unpaired) electrons. The van der Waals surface area contributed by atoms with Crippen molar-refractivity contribution in [1.82, 2.24) is 10.2 Å². The molecule has 0 saturated carbocycles. The van der Waals surface area contributed by atoms with Crippen molar-refractivity contribution in [3.63, 3.8) is 0 Å². The average molecular weight is 435 g/mol. The van der Waals surface area contributed by atoms with Crippen LogP contribution in [0.4, 0.5) is 5.69 Å². The van der Waals surface area contributed by atoms with Crippen LogP contribution in [0, 0.1) is 5.92 Å². The van der Waals surface area contributed by atoms with Gasteiger partial charge in [0.1, 0.15) is 11.9 Å². The Hall–Kier alpha value is -2.93. The van der Waals surface area contributed by atoms with Crippen LogP contribution in [0.5, 0.6) is 0 Å². The molecule has 160 valence electrons. The van der Waals surface area contributed by atoms with E-state index in [0.717, 1.165) is 23.2 Å². The van der Waals surface area contributed by atoms with Gasteiger partial charge in [-0.05, 0) is 30.0 Å². The maximum Gasteiger partial charge on any atom is 0.271 e. The fourth-order valence-electron chi connectivity index (χ4n) is 3.62. The molecule has 2 aromatic carbocycles. The molecule has 0 aromatic heterocycles. The zero-order chi connectivity index (χ0) is 21.8. The van der Waals surface area contributed by atoms with E-state index in [1.165, 1.54) is 11.8 Å². The molecule has 4 rings (SSSR count). The van der Waals surface area contributed by atoms with Crippen molar-refractivity contribution >= 4 is 40.3 Å². The van der Waals surface area contributed by atoms with Gasteiger partial charge in [0.25, 0.3) is 5.91 Å². The highest BCUT2D eigenvalue weighted by molar-refractivity contribution is 8.14. The third kappa shape index (κ3) is 4.88. The number of hydrogen-bond donors (Lipinski definition) is 1. The second-order valence-corrected chi connectivity index (χ2v) is 9.02. The molecule has 1 unspecified atom stereocenters. The van der Waals surface area contributed by atoms with E-state index < -0.39 is 6.04 Å². The Labute approximate surface area is 186 Å². The van der Waals surface area contributed by atoms with Crippen LogP contribution in [-0.4, -0.2) is 46.1 Å². The predicted molar refractivity (Wildman–Crippen MR) is 126 cm³/mol. The minimum atomic E-state index is -0.457. The van der Waals surface area contributed by atoms with E-state index in [-0.39, 0.29) is 17.6 Å². The van der Waals surface area contributed by atoms with Gasteiger partial charge in [0.15, 0.2) is 5.17 Å². The van der Waals surface area contributed by atoms with Crippen molar-refractivity contribution in [2.75, 3.05) is 12.3 Å². The van der Waals surface area contributed by atoms with Crippen LogP contribution in [0.1, 0.15) is 31.4 Å². The third-order valence-corrected chi connectivity index (χ3v) is 6.21. The van der Waals surface area contributed by atoms with Crippen LogP contribution in [0.15, 0.2) is 64.6 Å². The first-order valence-corrected chi connectivity index (χ1v) is 11.5. The normalized spacial score (nSPS) is 17.2. The molecular weight excluding hydrogens is 408 g/mol. The number of nitrogens with one attached hydrogen (secondary N) is 1. The van der Waals surface area contributed by atoms with E-state index in [1.54, 1.807) is 0 Å². The molecule has 2 amide bonds. The summed E-state index contributed by atoms with van der Waals surface area (Å²) in [7, 11) is 0. The Balaban J connectivity index is 1.55. The molecule has 7 heteroatoms. The van der Waals surface area contributed by atoms with Crippen LogP contribution in [0.2, 0.25) is 0 Å². The summed E-state index contributed by atoms with van der Waals surface area (Å²) in [6, 6.07) is 17.1. The summed E-state index contributed by atoms with van der Waals surface area (Å²) in [6.07, 6.45) is 1.48. The first-order valence-electron chi connectivity index (χ1n) is 10.6. The summed E-state index contributed by atoms with van der Waals surface area (Å²) in [5.41, 5.74) is 2.68. The molecule has 31 heavy (non-hydrogen) atoms. The van der Waals surface area contributed by atoms with Gasteiger partial charge in [-0.2, -0.15) is 4.99 Å². The molecule has 1 N–H and O–H groups in total. The molecule has 2 aromatic rings. The van der Waals surface area contributed by atoms with Crippen LogP contribution in [0.25, 0.3) is 0 Å². The predicted octanol–water partition coefficient (Wildman–Crippen LogP) is 3.78. The zero-order valence-electron chi connectivity index (χ0n) is 17.7. The van der Waals surface area contributed by atoms with Gasteiger partial charge in [0.05, 0.1) is 11.4 Å². The largest absolute Gasteiger partial charge is 0.355 e. The lowest BCUT2D eigenvalue weighted by Gasteiger charge is -2.31. The van der Waals surface area contributed by atoms with Gasteiger partial charge in [-0.25, -0.2) is 4.99 Å². The number of amides is 2. The Morgan fingerprint density at radius 1 is 1.10 bits per heavy atom. The topological polar surface area (TPSA) is 74.1 Å². The fourth-order valence-corrected chi connectivity index (χ4v) is 4.50. The number of hydrogen-bond acceptors (Lipinski definition) is 5. The van der Waals surface area contributed by atoms with E-state index in [4.69, 9.17) is 4.99 Å². The van der Waals surface area contributed by atoms with Crippen LogP contribution < -0.4 is 5.32 Å². The molecular formula is C24H26N4O2S. The maximum absolute atomic E-state index is 12.9. The first kappa shape index (κ1) is 21.3. The summed E-state index contributed by atoms with van der Waals surface area (Å²) in [5, 5.41) is 3.60. The number of carbonyl (C=O) groups is 2. The van der Waals surface area contributed by atoms with Crippen molar-refractivity contribution < 1.29 is 9.59 Å². The molecule has 2 heterocycles. The minimum Gasteiger partial charge on any atom is -0.355 e. The van der Waals surface area contributed by atoms with Gasteiger partial charge >= 0.3 is 0 Å². The second-order valence-electron chi connectivity index (χ2n) is 8.08. The minimum absolute atomic E-state index is 0.0316. The number of nitrogens with zero attached hydrogens (tertiary/aromatic N) is 3. The van der Waals surface area contributed by atoms with Crippen molar-refractivity contribution in [3.05, 3.63) is 65.7 Å². The number of amidine groups is 2. The highest BCUT2D eigenvalue weighted by Crippen LogP contribution is 2.34. The Morgan fingerprint density at radius 3 is 2.61 bits per heavy atom. The Kier molecular flexibility index (Phi) is 6.51. The maximum atomic E-state index is 12.9. The van der Waals surface area contributed by atoms with Crippen molar-refractivity contribution in [1.29, 1.82) is 0 Å².